The molecule has 1 aliphatic carbocycles. The number of benzene rings is 1. The molecule has 1 unspecified atom stereocenters. The molecular weight excluding hydrogens is 216 g/mol. The quantitative estimate of drug-likeness (QED) is 0.612. The van der Waals surface area contributed by atoms with Crippen molar-refractivity contribution in [1.29, 1.82) is 0 Å². The third kappa shape index (κ3) is 2.68. The molecule has 2 rings (SSSR count). The summed E-state index contributed by atoms with van der Waals surface area (Å²) >= 11 is 6.30. The van der Waals surface area contributed by atoms with Crippen molar-refractivity contribution in [2.75, 3.05) is 0 Å². The molecule has 0 N–H and O–H groups in total. The zero-order valence-corrected chi connectivity index (χ0v) is 11.0. The highest BCUT2D eigenvalue weighted by molar-refractivity contribution is 6.22. The maximum absolute atomic E-state index is 6.30. The molecule has 1 heteroatoms. The highest BCUT2D eigenvalue weighted by Gasteiger charge is 2.27. The third-order valence-corrected chi connectivity index (χ3v) is 3.50. The van der Waals surface area contributed by atoms with E-state index in [0.29, 0.717) is 5.41 Å². The molecule has 0 radical (unpaired) electrons. The lowest BCUT2D eigenvalue weighted by Crippen LogP contribution is -2.21. The number of rotatable bonds is 1. The summed E-state index contributed by atoms with van der Waals surface area (Å²) in [6.45, 7) is 6.71. The summed E-state index contributed by atoms with van der Waals surface area (Å²) in [7, 11) is 0. The number of hydrogen-bond acceptors (Lipinski definition) is 0. The maximum atomic E-state index is 6.30. The third-order valence-electron chi connectivity index (χ3n) is 3.22. The Labute approximate surface area is 103 Å². The van der Waals surface area contributed by atoms with Gasteiger partial charge in [-0.15, -0.1) is 11.6 Å². The lowest BCUT2D eigenvalue weighted by atomic mass is 9.75. The molecule has 86 valence electrons. The first-order valence-corrected chi connectivity index (χ1v) is 6.32. The summed E-state index contributed by atoms with van der Waals surface area (Å²) < 4.78 is 0. The van der Waals surface area contributed by atoms with Gasteiger partial charge in [-0.1, -0.05) is 49.8 Å². The van der Waals surface area contributed by atoms with E-state index in [1.807, 2.05) is 0 Å². The second kappa shape index (κ2) is 4.25. The molecule has 0 nitrogen and oxygen atoms in total. The average molecular weight is 235 g/mol. The molecule has 1 atom stereocenters. The molecule has 0 spiro atoms. The fraction of sp³-hybridized carbons (Fsp3) is 0.467. The number of allylic oxidation sites excluding steroid dienone is 2. The van der Waals surface area contributed by atoms with E-state index in [2.05, 4.69) is 51.1 Å². The molecule has 0 aliphatic heterocycles. The topological polar surface area (TPSA) is 0 Å². The van der Waals surface area contributed by atoms with Crippen LogP contribution >= 0.6 is 11.6 Å². The van der Waals surface area contributed by atoms with Crippen LogP contribution in [-0.4, -0.2) is 5.38 Å². The monoisotopic (exact) mass is 234 g/mol. The zero-order valence-electron chi connectivity index (χ0n) is 10.3. The van der Waals surface area contributed by atoms with Gasteiger partial charge in [-0.3, -0.25) is 0 Å². The Kier molecular flexibility index (Phi) is 3.12. The molecule has 1 aromatic rings. The fourth-order valence-electron chi connectivity index (χ4n) is 2.42. The molecule has 0 saturated carbocycles. The van der Waals surface area contributed by atoms with Crippen molar-refractivity contribution in [3.63, 3.8) is 0 Å². The molecule has 16 heavy (non-hydrogen) atoms. The van der Waals surface area contributed by atoms with Crippen LogP contribution in [0.4, 0.5) is 0 Å². The average Bonchev–Trinajstić information content (AvgIpc) is 2.15. The van der Waals surface area contributed by atoms with Crippen LogP contribution in [0.1, 0.15) is 37.8 Å². The predicted molar refractivity (Wildman–Crippen MR) is 71.8 cm³/mol. The minimum Gasteiger partial charge on any atom is -0.118 e. The van der Waals surface area contributed by atoms with Gasteiger partial charge >= 0.3 is 0 Å². The first-order valence-electron chi connectivity index (χ1n) is 5.88. The minimum absolute atomic E-state index is 0.181. The minimum atomic E-state index is 0.181. The summed E-state index contributed by atoms with van der Waals surface area (Å²) in [6.07, 6.45) is 4.42. The summed E-state index contributed by atoms with van der Waals surface area (Å²) in [4.78, 5) is 0. The maximum Gasteiger partial charge on any atom is 0.0527 e. The van der Waals surface area contributed by atoms with Gasteiger partial charge in [0.2, 0.25) is 0 Å². The van der Waals surface area contributed by atoms with Crippen LogP contribution in [0.15, 0.2) is 30.3 Å². The largest absolute Gasteiger partial charge is 0.118 e. The van der Waals surface area contributed by atoms with E-state index in [0.717, 1.165) is 12.8 Å². The van der Waals surface area contributed by atoms with Gasteiger partial charge in [-0.05, 0) is 36.3 Å². The lowest BCUT2D eigenvalue weighted by molar-refractivity contribution is 0.340. The van der Waals surface area contributed by atoms with Crippen LogP contribution in [0.3, 0.4) is 0 Å². The predicted octanol–water partition coefficient (Wildman–Crippen LogP) is 4.81. The van der Waals surface area contributed by atoms with E-state index in [1.165, 1.54) is 16.7 Å². The smallest absolute Gasteiger partial charge is 0.0527 e. The van der Waals surface area contributed by atoms with Gasteiger partial charge in [-0.25, -0.2) is 0 Å². The van der Waals surface area contributed by atoms with Crippen LogP contribution < -0.4 is 0 Å². The molecule has 1 aliphatic rings. The Hall–Kier alpha value is -0.750. The Morgan fingerprint density at radius 1 is 1.19 bits per heavy atom. The number of alkyl halides is 1. The Balaban J connectivity index is 2.30. The van der Waals surface area contributed by atoms with E-state index >= 15 is 0 Å². The molecule has 0 fully saturated rings. The van der Waals surface area contributed by atoms with E-state index < -0.39 is 0 Å². The van der Waals surface area contributed by atoms with Gasteiger partial charge < -0.3 is 0 Å². The number of hydrogen-bond donors (Lipinski definition) is 0. The van der Waals surface area contributed by atoms with Crippen LogP contribution in [0.5, 0.6) is 0 Å². The highest BCUT2D eigenvalue weighted by Crippen LogP contribution is 2.41. The van der Waals surface area contributed by atoms with Gasteiger partial charge in [0.1, 0.15) is 0 Å². The van der Waals surface area contributed by atoms with Crippen molar-refractivity contribution in [3.8, 4) is 0 Å². The van der Waals surface area contributed by atoms with Crippen LogP contribution in [0.25, 0.3) is 5.57 Å². The van der Waals surface area contributed by atoms with E-state index in [9.17, 15) is 0 Å². The van der Waals surface area contributed by atoms with Gasteiger partial charge in [-0.2, -0.15) is 0 Å². The Morgan fingerprint density at radius 3 is 2.38 bits per heavy atom. The van der Waals surface area contributed by atoms with Crippen molar-refractivity contribution >= 4 is 17.2 Å². The molecule has 1 aromatic carbocycles. The molecule has 0 aromatic heterocycles. The van der Waals surface area contributed by atoms with Crippen molar-refractivity contribution in [2.45, 2.75) is 39.0 Å². The normalized spacial score (nSPS) is 24.0. The molecular formula is C15H19Cl. The second-order valence-electron chi connectivity index (χ2n) is 5.62. The first kappa shape index (κ1) is 11.7. The van der Waals surface area contributed by atoms with Gasteiger partial charge in [0.15, 0.2) is 0 Å². The van der Waals surface area contributed by atoms with Gasteiger partial charge in [0, 0.05) is 0 Å². The van der Waals surface area contributed by atoms with Crippen LogP contribution in [0.2, 0.25) is 0 Å². The SMILES string of the molecule is Cc1ccc(C2=CC(Cl)CC(C)(C)C2)cc1. The highest BCUT2D eigenvalue weighted by atomic mass is 35.5. The van der Waals surface area contributed by atoms with Crippen LogP contribution in [0, 0.1) is 12.3 Å². The Morgan fingerprint density at radius 2 is 1.81 bits per heavy atom. The van der Waals surface area contributed by atoms with Crippen molar-refractivity contribution < 1.29 is 0 Å². The van der Waals surface area contributed by atoms with Crippen LogP contribution in [-0.2, 0) is 0 Å². The number of halogens is 1. The van der Waals surface area contributed by atoms with Crippen molar-refractivity contribution in [2.24, 2.45) is 5.41 Å². The fourth-order valence-corrected chi connectivity index (χ4v) is 2.99. The molecule has 0 bridgehead atoms. The van der Waals surface area contributed by atoms with Gasteiger partial charge in [0.05, 0.1) is 5.38 Å². The summed E-state index contributed by atoms with van der Waals surface area (Å²) in [5.41, 5.74) is 4.35. The molecule has 0 heterocycles. The summed E-state index contributed by atoms with van der Waals surface area (Å²) in [6, 6.07) is 8.74. The lowest BCUT2D eigenvalue weighted by Gasteiger charge is -2.32. The number of aryl methyl sites for hydroxylation is 1. The summed E-state index contributed by atoms with van der Waals surface area (Å²) in [5, 5.41) is 0.181. The zero-order chi connectivity index (χ0) is 11.8. The van der Waals surface area contributed by atoms with Crippen molar-refractivity contribution in [3.05, 3.63) is 41.5 Å². The first-order chi connectivity index (χ1) is 7.46. The Bertz CT molecular complexity index is 398. The standard InChI is InChI=1S/C15H19Cl/c1-11-4-6-12(7-5-11)13-8-14(16)10-15(2,3)9-13/h4-8,14H,9-10H2,1-3H3. The molecule has 0 amide bonds. The second-order valence-corrected chi connectivity index (χ2v) is 6.18. The molecule has 0 saturated heterocycles. The van der Waals surface area contributed by atoms with E-state index in [4.69, 9.17) is 11.6 Å². The van der Waals surface area contributed by atoms with Gasteiger partial charge in [0.25, 0.3) is 0 Å². The van der Waals surface area contributed by atoms with E-state index in [-0.39, 0.29) is 5.38 Å². The van der Waals surface area contributed by atoms with Crippen molar-refractivity contribution in [1.82, 2.24) is 0 Å². The van der Waals surface area contributed by atoms with E-state index in [1.54, 1.807) is 0 Å². The summed E-state index contributed by atoms with van der Waals surface area (Å²) in [5.74, 6) is 0.